The lowest BCUT2D eigenvalue weighted by molar-refractivity contribution is -0.137. The molecule has 1 aliphatic heterocycles. The first-order valence-corrected chi connectivity index (χ1v) is 10.6. The molecule has 1 aromatic heterocycles. The number of nitrogens with zero attached hydrogens (tertiary/aromatic N) is 4. The minimum absolute atomic E-state index is 0.0133. The summed E-state index contributed by atoms with van der Waals surface area (Å²) in [6, 6.07) is 1.59. The number of rotatable bonds is 8. The Bertz CT molecular complexity index is 710. The fourth-order valence-corrected chi connectivity index (χ4v) is 3.51. The van der Waals surface area contributed by atoms with Crippen molar-refractivity contribution in [2.45, 2.75) is 51.4 Å². The zero-order valence-electron chi connectivity index (χ0n) is 18.1. The maximum atomic E-state index is 12.8. The molecule has 0 spiro atoms. The second kappa shape index (κ2) is 11.0. The van der Waals surface area contributed by atoms with Gasteiger partial charge in [-0.25, -0.2) is 4.98 Å². The van der Waals surface area contributed by atoms with E-state index in [9.17, 15) is 13.2 Å². The van der Waals surface area contributed by atoms with Crippen LogP contribution in [0.15, 0.2) is 17.3 Å². The van der Waals surface area contributed by atoms with E-state index in [1.807, 2.05) is 4.90 Å². The van der Waals surface area contributed by atoms with E-state index in [1.54, 1.807) is 7.05 Å². The molecule has 10 heteroatoms. The minimum Gasteiger partial charge on any atom is -0.356 e. The highest BCUT2D eigenvalue weighted by atomic mass is 35.5. The van der Waals surface area contributed by atoms with Crippen LogP contribution < -0.4 is 15.5 Å². The van der Waals surface area contributed by atoms with Crippen molar-refractivity contribution in [2.24, 2.45) is 4.99 Å². The van der Waals surface area contributed by atoms with E-state index in [0.29, 0.717) is 24.9 Å². The van der Waals surface area contributed by atoms with Crippen LogP contribution in [0.5, 0.6) is 0 Å². The molecule has 0 aromatic carbocycles. The van der Waals surface area contributed by atoms with Crippen LogP contribution in [0.1, 0.15) is 38.7 Å². The molecular weight excluding hydrogens is 417 g/mol. The Morgan fingerprint density at radius 1 is 1.40 bits per heavy atom. The van der Waals surface area contributed by atoms with E-state index in [2.05, 4.69) is 46.4 Å². The predicted molar refractivity (Wildman–Crippen MR) is 116 cm³/mol. The van der Waals surface area contributed by atoms with Crippen LogP contribution >= 0.6 is 11.6 Å². The molecule has 170 valence electrons. The van der Waals surface area contributed by atoms with Crippen LogP contribution in [0.3, 0.4) is 0 Å². The quantitative estimate of drug-likeness (QED) is 0.361. The highest BCUT2D eigenvalue weighted by Crippen LogP contribution is 2.34. The van der Waals surface area contributed by atoms with Crippen molar-refractivity contribution in [2.75, 3.05) is 45.2 Å². The van der Waals surface area contributed by atoms with Gasteiger partial charge in [-0.2, -0.15) is 13.2 Å². The van der Waals surface area contributed by atoms with E-state index in [0.717, 1.165) is 50.6 Å². The zero-order chi connectivity index (χ0) is 22.3. The summed E-state index contributed by atoms with van der Waals surface area (Å²) < 4.78 is 38.4. The summed E-state index contributed by atoms with van der Waals surface area (Å²) in [6.45, 7) is 7.51. The van der Waals surface area contributed by atoms with Crippen LogP contribution in [0.25, 0.3) is 0 Å². The molecule has 6 nitrogen and oxygen atoms in total. The van der Waals surface area contributed by atoms with Crippen molar-refractivity contribution in [3.63, 3.8) is 0 Å². The summed E-state index contributed by atoms with van der Waals surface area (Å²) in [5, 5.41) is 6.71. The number of nitrogens with one attached hydrogen (secondary N) is 2. The second-order valence-corrected chi connectivity index (χ2v) is 8.29. The molecule has 0 bridgehead atoms. The molecule has 1 aliphatic rings. The normalized spacial score (nSPS) is 17.9. The lowest BCUT2D eigenvalue weighted by Gasteiger charge is -2.22. The fraction of sp³-hybridized carbons (Fsp3) is 0.700. The number of unbranched alkanes of at least 4 members (excludes halogenated alkanes) is 1. The number of aliphatic imine (C=N–C) groups is 1. The third-order valence-electron chi connectivity index (χ3n) is 5.31. The number of guanidine groups is 1. The average Bonchev–Trinajstić information content (AvgIpc) is 3.13. The van der Waals surface area contributed by atoms with Crippen LogP contribution in [0.2, 0.25) is 5.02 Å². The molecule has 0 aliphatic carbocycles. The Morgan fingerprint density at radius 3 is 2.73 bits per heavy atom. The first kappa shape index (κ1) is 24.5. The smallest absolute Gasteiger partial charge is 0.356 e. The van der Waals surface area contributed by atoms with Gasteiger partial charge in [0.25, 0.3) is 0 Å². The zero-order valence-corrected chi connectivity index (χ0v) is 18.8. The summed E-state index contributed by atoms with van der Waals surface area (Å²) in [4.78, 5) is 12.4. The van der Waals surface area contributed by atoms with E-state index in [4.69, 9.17) is 11.6 Å². The van der Waals surface area contributed by atoms with Gasteiger partial charge in [-0.3, -0.25) is 4.99 Å². The summed E-state index contributed by atoms with van der Waals surface area (Å²) in [6.07, 6.45) is -0.654. The Kier molecular flexibility index (Phi) is 9.03. The maximum absolute atomic E-state index is 12.8. The van der Waals surface area contributed by atoms with E-state index in [-0.39, 0.29) is 11.1 Å². The van der Waals surface area contributed by atoms with Crippen LogP contribution in [-0.2, 0) is 6.18 Å². The van der Waals surface area contributed by atoms with Gasteiger partial charge >= 0.3 is 6.18 Å². The van der Waals surface area contributed by atoms with Gasteiger partial charge in [-0.15, -0.1) is 0 Å². The van der Waals surface area contributed by atoms with Gasteiger partial charge in [0.15, 0.2) is 5.96 Å². The molecule has 1 saturated heterocycles. The van der Waals surface area contributed by atoms with E-state index >= 15 is 0 Å². The molecule has 2 N–H and O–H groups in total. The first-order chi connectivity index (χ1) is 14.1. The molecule has 1 fully saturated rings. The third-order valence-corrected chi connectivity index (χ3v) is 5.59. The number of pyridine rings is 1. The third kappa shape index (κ3) is 7.19. The van der Waals surface area contributed by atoms with Crippen molar-refractivity contribution in [1.29, 1.82) is 0 Å². The highest BCUT2D eigenvalue weighted by Gasteiger charge is 2.33. The molecule has 0 amide bonds. The summed E-state index contributed by atoms with van der Waals surface area (Å²) in [7, 11) is 3.85. The van der Waals surface area contributed by atoms with Crippen LogP contribution in [0, 0.1) is 0 Å². The van der Waals surface area contributed by atoms with Crippen molar-refractivity contribution >= 4 is 23.4 Å². The number of anilines is 1. The monoisotopic (exact) mass is 448 g/mol. The Hall–Kier alpha value is -1.74. The van der Waals surface area contributed by atoms with Gasteiger partial charge in [-0.1, -0.05) is 11.6 Å². The van der Waals surface area contributed by atoms with Crippen molar-refractivity contribution in [3.05, 3.63) is 22.8 Å². The predicted octanol–water partition coefficient (Wildman–Crippen LogP) is 3.62. The topological polar surface area (TPSA) is 55.8 Å². The van der Waals surface area contributed by atoms with Gasteiger partial charge in [0, 0.05) is 45.0 Å². The summed E-state index contributed by atoms with van der Waals surface area (Å²) in [5.74, 6) is 1.11. The maximum Gasteiger partial charge on any atom is 0.417 e. The van der Waals surface area contributed by atoms with Crippen LogP contribution in [-0.4, -0.2) is 68.2 Å². The Balaban J connectivity index is 1.79. The molecular formula is C20H32ClF3N6. The Morgan fingerprint density at radius 2 is 2.13 bits per heavy atom. The Labute approximate surface area is 181 Å². The average molecular weight is 449 g/mol. The number of hydrogen-bond acceptors (Lipinski definition) is 4. The summed E-state index contributed by atoms with van der Waals surface area (Å²) >= 11 is 6.07. The minimum atomic E-state index is -4.45. The van der Waals surface area contributed by atoms with Crippen molar-refractivity contribution in [1.82, 2.24) is 20.5 Å². The number of aromatic nitrogens is 1. The molecule has 1 aromatic rings. The molecule has 1 unspecified atom stereocenters. The van der Waals surface area contributed by atoms with Gasteiger partial charge < -0.3 is 20.4 Å². The first-order valence-electron chi connectivity index (χ1n) is 10.3. The highest BCUT2D eigenvalue weighted by molar-refractivity contribution is 6.33. The van der Waals surface area contributed by atoms with E-state index < -0.39 is 11.7 Å². The van der Waals surface area contributed by atoms with Gasteiger partial charge in [0.05, 0.1) is 10.6 Å². The lowest BCUT2D eigenvalue weighted by atomic mass is 10.2. The number of alkyl halides is 3. The SMILES string of the molecule is CN=C(NCCCCN(C)C(C)C)NC1CCN(c2ncc(C(F)(F)F)cc2Cl)C1. The second-order valence-electron chi connectivity index (χ2n) is 7.88. The van der Waals surface area contributed by atoms with Crippen molar-refractivity contribution in [3.8, 4) is 0 Å². The molecule has 1 atom stereocenters. The standard InChI is InChI=1S/C20H32ClF3N6/c1-14(2)29(4)9-6-5-8-26-19(25-3)28-16-7-10-30(13-16)18-17(21)11-15(12-27-18)20(22,23)24/h11-12,14,16H,5-10,13H2,1-4H3,(H2,25,26,28). The lowest BCUT2D eigenvalue weighted by Crippen LogP contribution is -2.45. The largest absolute Gasteiger partial charge is 0.417 e. The van der Waals surface area contributed by atoms with Crippen LogP contribution in [0.4, 0.5) is 19.0 Å². The fourth-order valence-electron chi connectivity index (χ4n) is 3.23. The number of halogens is 4. The molecule has 30 heavy (non-hydrogen) atoms. The van der Waals surface area contributed by atoms with Crippen molar-refractivity contribution < 1.29 is 13.2 Å². The van der Waals surface area contributed by atoms with Gasteiger partial charge in [-0.05, 0) is 52.8 Å². The summed E-state index contributed by atoms with van der Waals surface area (Å²) in [5.41, 5.74) is -0.839. The molecule has 2 heterocycles. The van der Waals surface area contributed by atoms with Gasteiger partial charge in [0.2, 0.25) is 0 Å². The number of hydrogen-bond donors (Lipinski definition) is 2. The van der Waals surface area contributed by atoms with E-state index in [1.165, 1.54) is 0 Å². The molecule has 0 saturated carbocycles. The molecule has 0 radical (unpaired) electrons. The molecule has 2 rings (SSSR count). The van der Waals surface area contributed by atoms with Gasteiger partial charge in [0.1, 0.15) is 5.82 Å².